The molecule has 0 unspecified atom stereocenters. The van der Waals surface area contributed by atoms with E-state index in [1.54, 1.807) is 24.3 Å². The van der Waals surface area contributed by atoms with Crippen LogP contribution in [-0.4, -0.2) is 11.7 Å². The van der Waals surface area contributed by atoms with Crippen molar-refractivity contribution in [3.8, 4) is 11.5 Å². The van der Waals surface area contributed by atoms with Crippen LogP contribution < -0.4 is 4.74 Å². The average molecular weight is 274 g/mol. The molecule has 0 bridgehead atoms. The summed E-state index contributed by atoms with van der Waals surface area (Å²) in [6.45, 7) is 12.4. The third-order valence-electron chi connectivity index (χ3n) is 2.76. The van der Waals surface area contributed by atoms with Crippen molar-refractivity contribution >= 4 is 0 Å². The number of allylic oxidation sites excluding steroid dienone is 4. The molecule has 0 spiro atoms. The second-order valence-corrected chi connectivity index (χ2v) is 4.52. The van der Waals surface area contributed by atoms with E-state index >= 15 is 0 Å². The number of rotatable bonds is 5. The smallest absolute Gasteiger partial charge is 0.120 e. The fraction of sp³-hybridized carbons (Fsp3) is 0.333. The summed E-state index contributed by atoms with van der Waals surface area (Å²) in [4.78, 5) is 0. The number of hydrogen-bond donors (Lipinski definition) is 1. The zero-order valence-electron chi connectivity index (χ0n) is 13.0. The van der Waals surface area contributed by atoms with Gasteiger partial charge in [0.05, 0.1) is 0 Å². The quantitative estimate of drug-likeness (QED) is 0.585. The second kappa shape index (κ2) is 10.9. The average Bonchev–Trinajstić information content (AvgIpc) is 2.47. The minimum absolute atomic E-state index is 0.259. The molecule has 0 fully saturated rings. The van der Waals surface area contributed by atoms with Gasteiger partial charge >= 0.3 is 0 Å². The normalized spacial score (nSPS) is 11.4. The van der Waals surface area contributed by atoms with Gasteiger partial charge in [-0.3, -0.25) is 0 Å². The van der Waals surface area contributed by atoms with Crippen LogP contribution in [0.2, 0.25) is 0 Å². The molecule has 0 aliphatic rings. The summed E-state index contributed by atoms with van der Waals surface area (Å²) in [6.07, 6.45) is 6.99. The molecule has 2 nitrogen and oxygen atoms in total. The summed E-state index contributed by atoms with van der Waals surface area (Å²) < 4.78 is 5.43. The van der Waals surface area contributed by atoms with Crippen LogP contribution in [0.1, 0.15) is 34.1 Å². The minimum Gasteiger partial charge on any atom is -0.508 e. The Hall–Kier alpha value is -1.96. The molecule has 2 heteroatoms. The topological polar surface area (TPSA) is 29.5 Å². The fourth-order valence-corrected chi connectivity index (χ4v) is 1.14. The molecule has 1 rings (SSSR count). The lowest BCUT2D eigenvalue weighted by Crippen LogP contribution is -1.97. The molecule has 1 N–H and O–H groups in total. The molecular formula is C18H26O2. The van der Waals surface area contributed by atoms with Gasteiger partial charge in [0, 0.05) is 0 Å². The van der Waals surface area contributed by atoms with Crippen molar-refractivity contribution in [3.63, 3.8) is 0 Å². The van der Waals surface area contributed by atoms with Crippen LogP contribution >= 0.6 is 0 Å². The highest BCUT2D eigenvalue weighted by molar-refractivity contribution is 5.30. The summed E-state index contributed by atoms with van der Waals surface area (Å²) in [5.74, 6) is 1.04. The van der Waals surface area contributed by atoms with Gasteiger partial charge in [0.25, 0.3) is 0 Å². The van der Waals surface area contributed by atoms with E-state index in [1.165, 1.54) is 11.1 Å². The number of benzene rings is 1. The Morgan fingerprint density at radius 3 is 2.20 bits per heavy atom. The van der Waals surface area contributed by atoms with Crippen molar-refractivity contribution in [2.75, 3.05) is 6.61 Å². The largest absolute Gasteiger partial charge is 0.508 e. The first kappa shape index (κ1) is 18.0. The Kier molecular flexibility index (Phi) is 9.85. The first-order valence-electron chi connectivity index (χ1n) is 6.85. The third-order valence-corrected chi connectivity index (χ3v) is 2.76. The summed E-state index contributed by atoms with van der Waals surface area (Å²) in [7, 11) is 0. The Labute approximate surface area is 123 Å². The summed E-state index contributed by atoms with van der Waals surface area (Å²) in [6, 6.07) is 6.72. The van der Waals surface area contributed by atoms with Crippen LogP contribution in [-0.2, 0) is 0 Å². The van der Waals surface area contributed by atoms with Gasteiger partial charge in [-0.1, -0.05) is 37.3 Å². The molecule has 0 radical (unpaired) electrons. The van der Waals surface area contributed by atoms with Crippen LogP contribution in [0.3, 0.4) is 0 Å². The molecule has 0 saturated heterocycles. The van der Waals surface area contributed by atoms with E-state index in [0.717, 1.165) is 12.2 Å². The van der Waals surface area contributed by atoms with E-state index in [-0.39, 0.29) is 5.75 Å². The van der Waals surface area contributed by atoms with E-state index in [0.29, 0.717) is 6.61 Å². The van der Waals surface area contributed by atoms with Crippen molar-refractivity contribution < 1.29 is 9.84 Å². The van der Waals surface area contributed by atoms with Crippen LogP contribution in [0, 0.1) is 0 Å². The lowest BCUT2D eigenvalue weighted by atomic mass is 10.2. The van der Waals surface area contributed by atoms with Gasteiger partial charge in [-0.05, 0) is 57.0 Å². The number of aromatic hydroxyl groups is 1. The maximum absolute atomic E-state index is 9.01. The predicted octanol–water partition coefficient (Wildman–Crippen LogP) is 5.27. The van der Waals surface area contributed by atoms with E-state index in [1.807, 2.05) is 32.1 Å². The molecule has 1 aromatic carbocycles. The van der Waals surface area contributed by atoms with Crippen LogP contribution in [0.4, 0.5) is 0 Å². The Morgan fingerprint density at radius 1 is 1.20 bits per heavy atom. The summed E-state index contributed by atoms with van der Waals surface area (Å²) in [5, 5.41) is 9.01. The first-order chi connectivity index (χ1) is 9.53. The maximum Gasteiger partial charge on any atom is 0.120 e. The highest BCUT2D eigenvalue weighted by Gasteiger charge is 1.93. The minimum atomic E-state index is 0.259. The van der Waals surface area contributed by atoms with Gasteiger partial charge < -0.3 is 9.84 Å². The van der Waals surface area contributed by atoms with Crippen molar-refractivity contribution in [2.45, 2.75) is 34.1 Å². The number of phenolic OH excluding ortho intramolecular Hbond substituents is 1. The second-order valence-electron chi connectivity index (χ2n) is 4.52. The molecule has 1 aromatic rings. The molecule has 0 atom stereocenters. The van der Waals surface area contributed by atoms with Crippen molar-refractivity contribution in [3.05, 3.63) is 60.2 Å². The van der Waals surface area contributed by atoms with Gasteiger partial charge in [-0.25, -0.2) is 0 Å². The number of ether oxygens (including phenoxy) is 1. The molecule has 0 heterocycles. The molecule has 110 valence electrons. The monoisotopic (exact) mass is 274 g/mol. The van der Waals surface area contributed by atoms with E-state index in [2.05, 4.69) is 20.4 Å². The molecule has 0 aromatic heterocycles. The molecule has 0 amide bonds. The zero-order chi connectivity index (χ0) is 15.4. The van der Waals surface area contributed by atoms with Crippen molar-refractivity contribution in [2.24, 2.45) is 0 Å². The summed E-state index contributed by atoms with van der Waals surface area (Å²) >= 11 is 0. The fourth-order valence-electron chi connectivity index (χ4n) is 1.14. The molecule has 0 saturated carbocycles. The van der Waals surface area contributed by atoms with E-state index in [4.69, 9.17) is 9.84 Å². The van der Waals surface area contributed by atoms with Crippen molar-refractivity contribution in [1.29, 1.82) is 0 Å². The van der Waals surface area contributed by atoms with Gasteiger partial charge in [0.15, 0.2) is 0 Å². The highest BCUT2D eigenvalue weighted by Crippen LogP contribution is 2.16. The number of hydrogen-bond acceptors (Lipinski definition) is 2. The molecule has 0 aliphatic heterocycles. The lowest BCUT2D eigenvalue weighted by Gasteiger charge is -2.05. The van der Waals surface area contributed by atoms with Gasteiger partial charge in [-0.2, -0.15) is 0 Å². The van der Waals surface area contributed by atoms with E-state index < -0.39 is 0 Å². The summed E-state index contributed by atoms with van der Waals surface area (Å²) in [5.41, 5.74) is 2.57. The lowest BCUT2D eigenvalue weighted by molar-refractivity contribution is 0.351. The first-order valence-corrected chi connectivity index (χ1v) is 6.85. The van der Waals surface area contributed by atoms with Crippen molar-refractivity contribution in [1.82, 2.24) is 0 Å². The molecule has 0 aliphatic carbocycles. The van der Waals surface area contributed by atoms with E-state index in [9.17, 15) is 0 Å². The van der Waals surface area contributed by atoms with Crippen LogP contribution in [0.5, 0.6) is 11.5 Å². The molecule has 20 heavy (non-hydrogen) atoms. The van der Waals surface area contributed by atoms with Gasteiger partial charge in [-0.15, -0.1) is 0 Å². The number of phenols is 1. The Balaban J connectivity index is 0.000000441. The SMILES string of the molecule is C/C=C(\C)COc1ccc(O)cc1.C=C/C=C(\C)CC. The highest BCUT2D eigenvalue weighted by atomic mass is 16.5. The zero-order valence-corrected chi connectivity index (χ0v) is 13.0. The third kappa shape index (κ3) is 9.03. The van der Waals surface area contributed by atoms with Gasteiger partial charge in [0.1, 0.15) is 18.1 Å². The molecular weight excluding hydrogens is 248 g/mol. The van der Waals surface area contributed by atoms with Gasteiger partial charge in [0.2, 0.25) is 0 Å². The Bertz CT molecular complexity index is 439. The Morgan fingerprint density at radius 2 is 1.80 bits per heavy atom. The predicted molar refractivity (Wildman–Crippen MR) is 87.3 cm³/mol. The van der Waals surface area contributed by atoms with Crippen LogP contribution in [0.15, 0.2) is 60.2 Å². The standard InChI is InChI=1S/C11H14O2.C7H12/c1-3-9(2)8-13-11-6-4-10(12)5-7-11;1-4-6-7(3)5-2/h3-7,12H,8H2,1-2H3;4,6H,1,5H2,2-3H3/b9-3+;7-6+. The van der Waals surface area contributed by atoms with Crippen LogP contribution in [0.25, 0.3) is 0 Å². The maximum atomic E-state index is 9.01.